The van der Waals surface area contributed by atoms with Gasteiger partial charge in [-0.3, -0.25) is 19.1 Å². The molecule has 0 aliphatic rings. The van der Waals surface area contributed by atoms with E-state index in [9.17, 15) is 14.4 Å². The molecule has 0 radical (unpaired) electrons. The summed E-state index contributed by atoms with van der Waals surface area (Å²) < 4.78 is 1.36. The van der Waals surface area contributed by atoms with Crippen molar-refractivity contribution < 1.29 is 4.79 Å². The first kappa shape index (κ1) is 20.3. The molecule has 7 nitrogen and oxygen atoms in total. The number of nitrogens with zero attached hydrogens (tertiary/aromatic N) is 2. The number of carbonyl (C=O) groups excluding carboxylic acids is 1. The fraction of sp³-hybridized carbons (Fsp3) is 0.167. The van der Waals surface area contributed by atoms with Crippen LogP contribution in [0.3, 0.4) is 0 Å². The predicted octanol–water partition coefficient (Wildman–Crippen LogP) is 2.82. The molecule has 0 spiro atoms. The highest BCUT2D eigenvalue weighted by Gasteiger charge is 2.18. The largest absolute Gasteiger partial charge is 0.345 e. The molecule has 2 heterocycles. The van der Waals surface area contributed by atoms with Gasteiger partial charge in [0.15, 0.2) is 0 Å². The van der Waals surface area contributed by atoms with E-state index < -0.39 is 11.2 Å². The fourth-order valence-electron chi connectivity index (χ4n) is 3.61. The Morgan fingerprint density at radius 3 is 2.42 bits per heavy atom. The van der Waals surface area contributed by atoms with Crippen LogP contribution in [0.25, 0.3) is 11.0 Å². The summed E-state index contributed by atoms with van der Waals surface area (Å²) in [6.45, 7) is 2.15. The van der Waals surface area contributed by atoms with Crippen LogP contribution < -0.4 is 16.6 Å². The summed E-state index contributed by atoms with van der Waals surface area (Å²) in [5, 5.41) is 3.26. The first-order chi connectivity index (χ1) is 15.1. The fourth-order valence-corrected chi connectivity index (χ4v) is 3.61. The molecular formula is C24H22N4O3. The summed E-state index contributed by atoms with van der Waals surface area (Å²) in [7, 11) is 0. The van der Waals surface area contributed by atoms with Gasteiger partial charge in [-0.1, -0.05) is 60.7 Å². The highest BCUT2D eigenvalue weighted by atomic mass is 16.2. The van der Waals surface area contributed by atoms with Crippen molar-refractivity contribution in [2.45, 2.75) is 25.9 Å². The molecule has 0 saturated carbocycles. The minimum Gasteiger partial charge on any atom is -0.345 e. The number of carbonyl (C=O) groups is 1. The normalized spacial score (nSPS) is 11.9. The average molecular weight is 414 g/mol. The van der Waals surface area contributed by atoms with Crippen LogP contribution >= 0.6 is 0 Å². The topological polar surface area (TPSA) is 96.9 Å². The van der Waals surface area contributed by atoms with Crippen LogP contribution in [0, 0.1) is 0 Å². The lowest BCUT2D eigenvalue weighted by atomic mass is 9.98. The summed E-state index contributed by atoms with van der Waals surface area (Å²) in [6, 6.07) is 20.9. The predicted molar refractivity (Wildman–Crippen MR) is 119 cm³/mol. The lowest BCUT2D eigenvalue weighted by molar-refractivity contribution is 0.0936. The van der Waals surface area contributed by atoms with E-state index >= 15 is 0 Å². The van der Waals surface area contributed by atoms with Gasteiger partial charge in [0.2, 0.25) is 0 Å². The Balaban J connectivity index is 1.68. The molecule has 2 aromatic carbocycles. The third kappa shape index (κ3) is 4.30. The SMILES string of the molecule is CCn1c(=O)[nH]c(=O)c2cc(C(=O)N[C@H](Cc3ccccc3)c3ccccc3)cnc21. The van der Waals surface area contributed by atoms with Crippen LogP contribution in [0.15, 0.2) is 82.5 Å². The molecule has 1 amide bonds. The van der Waals surface area contributed by atoms with Gasteiger partial charge in [0, 0.05) is 12.7 Å². The number of rotatable bonds is 6. The van der Waals surface area contributed by atoms with Crippen molar-refractivity contribution in [1.29, 1.82) is 0 Å². The number of amides is 1. The molecule has 0 bridgehead atoms. The second-order valence-electron chi connectivity index (χ2n) is 7.23. The van der Waals surface area contributed by atoms with Gasteiger partial charge in [-0.25, -0.2) is 9.78 Å². The van der Waals surface area contributed by atoms with E-state index in [1.165, 1.54) is 16.8 Å². The Hall–Kier alpha value is -4.00. The van der Waals surface area contributed by atoms with E-state index in [1.54, 1.807) is 6.92 Å². The number of aromatic amines is 1. The molecule has 0 aliphatic heterocycles. The minimum absolute atomic E-state index is 0.202. The summed E-state index contributed by atoms with van der Waals surface area (Å²) in [5.41, 5.74) is 1.51. The second kappa shape index (κ2) is 8.79. The van der Waals surface area contributed by atoms with Gasteiger partial charge < -0.3 is 5.32 Å². The van der Waals surface area contributed by atoms with Crippen molar-refractivity contribution in [3.8, 4) is 0 Å². The molecular weight excluding hydrogens is 392 g/mol. The number of benzene rings is 2. The summed E-state index contributed by atoms with van der Waals surface area (Å²) >= 11 is 0. The molecule has 2 N–H and O–H groups in total. The molecule has 0 fully saturated rings. The molecule has 1 atom stereocenters. The summed E-state index contributed by atoms with van der Waals surface area (Å²) in [5.74, 6) is -0.340. The standard InChI is InChI=1S/C24H22N4O3/c1-2-28-21-19(23(30)27-24(28)31)14-18(15-25-21)22(29)26-20(17-11-7-4-8-12-17)13-16-9-5-3-6-10-16/h3-12,14-15,20H,2,13H2,1H3,(H,26,29)(H,27,30,31)/t20-/m1/s1. The van der Waals surface area contributed by atoms with Crippen molar-refractivity contribution in [3.05, 3.63) is 110 Å². The number of nitrogens with one attached hydrogen (secondary N) is 2. The van der Waals surface area contributed by atoms with Crippen molar-refractivity contribution in [3.63, 3.8) is 0 Å². The molecule has 4 aromatic rings. The Bertz CT molecular complexity index is 1330. The molecule has 31 heavy (non-hydrogen) atoms. The average Bonchev–Trinajstić information content (AvgIpc) is 2.80. The first-order valence-corrected chi connectivity index (χ1v) is 10.1. The monoisotopic (exact) mass is 414 g/mol. The van der Waals surface area contributed by atoms with Crippen molar-refractivity contribution in [2.24, 2.45) is 0 Å². The van der Waals surface area contributed by atoms with E-state index in [4.69, 9.17) is 0 Å². The Labute approximate surface area is 178 Å². The zero-order valence-electron chi connectivity index (χ0n) is 17.0. The van der Waals surface area contributed by atoms with Crippen LogP contribution in [0.2, 0.25) is 0 Å². The lowest BCUT2D eigenvalue weighted by Gasteiger charge is -2.20. The number of pyridine rings is 1. The maximum atomic E-state index is 13.1. The highest BCUT2D eigenvalue weighted by molar-refractivity contribution is 5.97. The molecule has 156 valence electrons. The number of aryl methyl sites for hydroxylation is 1. The Morgan fingerprint density at radius 1 is 1.06 bits per heavy atom. The lowest BCUT2D eigenvalue weighted by Crippen LogP contribution is -2.32. The number of aromatic nitrogens is 3. The number of hydrogen-bond donors (Lipinski definition) is 2. The van der Waals surface area contributed by atoms with E-state index in [0.717, 1.165) is 11.1 Å². The van der Waals surface area contributed by atoms with E-state index in [0.29, 0.717) is 13.0 Å². The number of H-pyrrole nitrogens is 1. The van der Waals surface area contributed by atoms with Gasteiger partial charge in [0.25, 0.3) is 11.5 Å². The van der Waals surface area contributed by atoms with Gasteiger partial charge in [-0.15, -0.1) is 0 Å². The zero-order chi connectivity index (χ0) is 21.8. The summed E-state index contributed by atoms with van der Waals surface area (Å²) in [6.07, 6.45) is 2.01. The molecule has 0 saturated heterocycles. The molecule has 0 unspecified atom stereocenters. The maximum Gasteiger partial charge on any atom is 0.329 e. The van der Waals surface area contributed by atoms with Gasteiger partial charge in [-0.05, 0) is 30.5 Å². The minimum atomic E-state index is -0.559. The van der Waals surface area contributed by atoms with Crippen molar-refractivity contribution in [2.75, 3.05) is 0 Å². The van der Waals surface area contributed by atoms with Crippen LogP contribution in [-0.2, 0) is 13.0 Å². The molecule has 7 heteroatoms. The van der Waals surface area contributed by atoms with Crippen LogP contribution in [-0.4, -0.2) is 20.4 Å². The van der Waals surface area contributed by atoms with Crippen molar-refractivity contribution >= 4 is 16.9 Å². The highest BCUT2D eigenvalue weighted by Crippen LogP contribution is 2.19. The Morgan fingerprint density at radius 2 is 1.74 bits per heavy atom. The third-order valence-corrected chi connectivity index (χ3v) is 5.20. The van der Waals surface area contributed by atoms with Crippen LogP contribution in [0.1, 0.15) is 34.5 Å². The van der Waals surface area contributed by atoms with E-state index in [1.807, 2.05) is 60.7 Å². The van der Waals surface area contributed by atoms with Gasteiger partial charge in [0.1, 0.15) is 5.65 Å². The quantitative estimate of drug-likeness (QED) is 0.507. The van der Waals surface area contributed by atoms with Gasteiger partial charge in [-0.2, -0.15) is 0 Å². The molecule has 4 rings (SSSR count). The van der Waals surface area contributed by atoms with E-state index in [2.05, 4.69) is 15.3 Å². The van der Waals surface area contributed by atoms with Crippen LogP contribution in [0.4, 0.5) is 0 Å². The maximum absolute atomic E-state index is 13.1. The molecule has 0 aliphatic carbocycles. The number of hydrogen-bond acceptors (Lipinski definition) is 4. The smallest absolute Gasteiger partial charge is 0.329 e. The second-order valence-corrected chi connectivity index (χ2v) is 7.23. The zero-order valence-corrected chi connectivity index (χ0v) is 17.0. The number of fused-ring (bicyclic) bond motifs is 1. The van der Waals surface area contributed by atoms with Crippen LogP contribution in [0.5, 0.6) is 0 Å². The first-order valence-electron chi connectivity index (χ1n) is 10.1. The third-order valence-electron chi connectivity index (χ3n) is 5.20. The van der Waals surface area contributed by atoms with Crippen molar-refractivity contribution in [1.82, 2.24) is 19.9 Å². The summed E-state index contributed by atoms with van der Waals surface area (Å²) in [4.78, 5) is 43.8. The Kier molecular flexibility index (Phi) is 5.75. The molecule has 2 aromatic heterocycles. The van der Waals surface area contributed by atoms with E-state index in [-0.39, 0.29) is 28.5 Å². The van der Waals surface area contributed by atoms with Gasteiger partial charge >= 0.3 is 5.69 Å². The van der Waals surface area contributed by atoms with Gasteiger partial charge in [0.05, 0.1) is 17.0 Å².